The molecule has 5 nitrogen and oxygen atoms in total. The van der Waals surface area contributed by atoms with E-state index in [2.05, 4.69) is 4.74 Å². The number of carbonyl (C=O) groups excluding carboxylic acids is 2. The zero-order valence-corrected chi connectivity index (χ0v) is 11.5. The van der Waals surface area contributed by atoms with E-state index in [-0.39, 0.29) is 24.0 Å². The molecule has 0 bridgehead atoms. The summed E-state index contributed by atoms with van der Waals surface area (Å²) in [5, 5.41) is 9.61. The maximum absolute atomic E-state index is 12.3. The van der Waals surface area contributed by atoms with Gasteiger partial charge in [-0.15, -0.1) is 0 Å². The first-order valence-electron chi connectivity index (χ1n) is 6.15. The number of rotatable bonds is 5. The third kappa shape index (κ3) is 3.71. The number of phenolic OH excluding ortho intramolecular Hbond substituents is 1. The molecule has 0 aromatic heterocycles. The van der Waals surface area contributed by atoms with Gasteiger partial charge in [0.1, 0.15) is 5.75 Å². The quantitative estimate of drug-likeness (QED) is 0.823. The lowest BCUT2D eigenvalue weighted by Gasteiger charge is -2.21. The number of esters is 1. The normalized spacial score (nSPS) is 10.1. The maximum atomic E-state index is 12.3. The van der Waals surface area contributed by atoms with Crippen molar-refractivity contribution in [1.82, 2.24) is 4.90 Å². The molecule has 1 aromatic carbocycles. The first-order chi connectivity index (χ1) is 9.01. The third-order valence-corrected chi connectivity index (χ3v) is 3.02. The Bertz CT molecular complexity index is 471. The number of carbonyl (C=O) groups is 2. The molecule has 0 aliphatic heterocycles. The highest BCUT2D eigenvalue weighted by Gasteiger charge is 2.18. The van der Waals surface area contributed by atoms with Crippen LogP contribution in [0.3, 0.4) is 0 Å². The Morgan fingerprint density at radius 1 is 1.37 bits per heavy atom. The Balaban J connectivity index is 2.84. The van der Waals surface area contributed by atoms with Gasteiger partial charge in [0.05, 0.1) is 13.5 Å². The number of phenols is 1. The highest BCUT2D eigenvalue weighted by Crippen LogP contribution is 2.21. The molecule has 5 heteroatoms. The lowest BCUT2D eigenvalue weighted by molar-refractivity contribution is -0.140. The molecule has 1 N–H and O–H groups in total. The molecule has 0 aliphatic carbocycles. The largest absolute Gasteiger partial charge is 0.508 e. The first-order valence-corrected chi connectivity index (χ1v) is 6.15. The topological polar surface area (TPSA) is 66.8 Å². The Kier molecular flexibility index (Phi) is 5.36. The molecule has 19 heavy (non-hydrogen) atoms. The van der Waals surface area contributed by atoms with Crippen LogP contribution in [0.4, 0.5) is 0 Å². The van der Waals surface area contributed by atoms with Crippen LogP contribution in [-0.4, -0.2) is 42.1 Å². The van der Waals surface area contributed by atoms with Gasteiger partial charge in [-0.1, -0.05) is 6.07 Å². The first kappa shape index (κ1) is 15.0. The van der Waals surface area contributed by atoms with Crippen LogP contribution >= 0.6 is 0 Å². The Labute approximate surface area is 112 Å². The minimum atomic E-state index is -0.348. The van der Waals surface area contributed by atoms with E-state index < -0.39 is 0 Å². The van der Waals surface area contributed by atoms with E-state index >= 15 is 0 Å². The number of hydrogen-bond acceptors (Lipinski definition) is 4. The molecule has 0 spiro atoms. The van der Waals surface area contributed by atoms with E-state index in [1.54, 1.807) is 24.0 Å². The van der Waals surface area contributed by atoms with E-state index in [9.17, 15) is 14.7 Å². The number of aromatic hydroxyl groups is 1. The van der Waals surface area contributed by atoms with Gasteiger partial charge >= 0.3 is 5.97 Å². The highest BCUT2D eigenvalue weighted by atomic mass is 16.5. The molecule has 0 heterocycles. The molecule has 0 unspecified atom stereocenters. The van der Waals surface area contributed by atoms with E-state index in [0.29, 0.717) is 24.2 Å². The summed E-state index contributed by atoms with van der Waals surface area (Å²) >= 11 is 0. The second-order valence-corrected chi connectivity index (χ2v) is 4.16. The summed E-state index contributed by atoms with van der Waals surface area (Å²) in [6, 6.07) is 4.83. The van der Waals surface area contributed by atoms with Crippen molar-refractivity contribution in [1.29, 1.82) is 0 Å². The van der Waals surface area contributed by atoms with Gasteiger partial charge in [-0.05, 0) is 26.0 Å². The Morgan fingerprint density at radius 2 is 2.05 bits per heavy atom. The summed E-state index contributed by atoms with van der Waals surface area (Å²) in [5.41, 5.74) is 0.996. The average molecular weight is 265 g/mol. The van der Waals surface area contributed by atoms with Gasteiger partial charge < -0.3 is 14.7 Å². The second-order valence-electron chi connectivity index (χ2n) is 4.16. The summed E-state index contributed by atoms with van der Waals surface area (Å²) < 4.78 is 4.56. The zero-order chi connectivity index (χ0) is 14.4. The van der Waals surface area contributed by atoms with Gasteiger partial charge in [0, 0.05) is 24.2 Å². The Morgan fingerprint density at radius 3 is 2.63 bits per heavy atom. The van der Waals surface area contributed by atoms with Crippen molar-refractivity contribution in [3.63, 3.8) is 0 Å². The number of benzene rings is 1. The van der Waals surface area contributed by atoms with Crippen LogP contribution < -0.4 is 0 Å². The van der Waals surface area contributed by atoms with Crippen LogP contribution in [-0.2, 0) is 9.53 Å². The Hall–Kier alpha value is -2.04. The lowest BCUT2D eigenvalue weighted by Crippen LogP contribution is -2.33. The monoisotopic (exact) mass is 265 g/mol. The molecular weight excluding hydrogens is 246 g/mol. The molecule has 0 radical (unpaired) electrons. The van der Waals surface area contributed by atoms with Gasteiger partial charge in [-0.25, -0.2) is 0 Å². The minimum absolute atomic E-state index is 0.0925. The van der Waals surface area contributed by atoms with Gasteiger partial charge in [0.2, 0.25) is 0 Å². The van der Waals surface area contributed by atoms with Crippen LogP contribution in [0, 0.1) is 6.92 Å². The SMILES string of the molecule is CCN(CCC(=O)OC)C(=O)c1cccc(O)c1C. The lowest BCUT2D eigenvalue weighted by atomic mass is 10.1. The smallest absolute Gasteiger partial charge is 0.307 e. The van der Waals surface area contributed by atoms with Gasteiger partial charge in [-0.2, -0.15) is 0 Å². The average Bonchev–Trinajstić information content (AvgIpc) is 2.41. The molecule has 0 aliphatic rings. The number of amides is 1. The molecule has 0 saturated carbocycles. The predicted octanol–water partition coefficient (Wildman–Crippen LogP) is 1.73. The second kappa shape index (κ2) is 6.78. The third-order valence-electron chi connectivity index (χ3n) is 3.02. The summed E-state index contributed by atoms with van der Waals surface area (Å²) in [5.74, 6) is -0.450. The van der Waals surface area contributed by atoms with Crippen molar-refractivity contribution in [2.75, 3.05) is 20.2 Å². The van der Waals surface area contributed by atoms with Crippen molar-refractivity contribution in [3.05, 3.63) is 29.3 Å². The van der Waals surface area contributed by atoms with E-state index in [1.807, 2.05) is 6.92 Å². The minimum Gasteiger partial charge on any atom is -0.508 e. The summed E-state index contributed by atoms with van der Waals surface area (Å²) in [4.78, 5) is 25.0. The summed E-state index contributed by atoms with van der Waals surface area (Å²) in [6.07, 6.45) is 0.161. The molecule has 104 valence electrons. The number of ether oxygens (including phenoxy) is 1. The molecule has 0 fully saturated rings. The number of nitrogens with zero attached hydrogens (tertiary/aromatic N) is 1. The summed E-state index contributed by atoms with van der Waals surface area (Å²) in [6.45, 7) is 4.33. The van der Waals surface area contributed by atoms with Gasteiger partial charge in [0.25, 0.3) is 5.91 Å². The molecule has 1 amide bonds. The van der Waals surface area contributed by atoms with Crippen LogP contribution in [0.2, 0.25) is 0 Å². The fourth-order valence-corrected chi connectivity index (χ4v) is 1.76. The number of methoxy groups -OCH3 is 1. The number of hydrogen-bond donors (Lipinski definition) is 1. The van der Waals surface area contributed by atoms with E-state index in [4.69, 9.17) is 0 Å². The van der Waals surface area contributed by atoms with Crippen LogP contribution in [0.25, 0.3) is 0 Å². The van der Waals surface area contributed by atoms with Crippen molar-refractivity contribution in [2.24, 2.45) is 0 Å². The van der Waals surface area contributed by atoms with Crippen LogP contribution in [0.5, 0.6) is 5.75 Å². The molecule has 1 aromatic rings. The molecular formula is C14H19NO4. The van der Waals surface area contributed by atoms with Gasteiger partial charge in [0.15, 0.2) is 0 Å². The molecule has 1 rings (SSSR count). The van der Waals surface area contributed by atoms with Crippen LogP contribution in [0.15, 0.2) is 18.2 Å². The molecule has 0 atom stereocenters. The molecule has 0 saturated heterocycles. The van der Waals surface area contributed by atoms with Crippen molar-refractivity contribution < 1.29 is 19.4 Å². The van der Waals surface area contributed by atoms with Gasteiger partial charge in [-0.3, -0.25) is 9.59 Å². The fraction of sp³-hybridized carbons (Fsp3) is 0.429. The van der Waals surface area contributed by atoms with Crippen molar-refractivity contribution in [3.8, 4) is 5.75 Å². The maximum Gasteiger partial charge on any atom is 0.307 e. The standard InChI is InChI=1S/C14H19NO4/c1-4-15(9-8-13(17)19-3)14(18)11-6-5-7-12(16)10(11)2/h5-7,16H,4,8-9H2,1-3H3. The fourth-order valence-electron chi connectivity index (χ4n) is 1.76. The van der Waals surface area contributed by atoms with Crippen molar-refractivity contribution in [2.45, 2.75) is 20.3 Å². The highest BCUT2D eigenvalue weighted by molar-refractivity contribution is 5.96. The zero-order valence-electron chi connectivity index (χ0n) is 11.5. The van der Waals surface area contributed by atoms with E-state index in [1.165, 1.54) is 13.2 Å². The summed E-state index contributed by atoms with van der Waals surface area (Å²) in [7, 11) is 1.32. The van der Waals surface area contributed by atoms with E-state index in [0.717, 1.165) is 0 Å². The van der Waals surface area contributed by atoms with Crippen molar-refractivity contribution >= 4 is 11.9 Å². The predicted molar refractivity (Wildman–Crippen MR) is 71.1 cm³/mol. The van der Waals surface area contributed by atoms with Crippen LogP contribution in [0.1, 0.15) is 29.3 Å².